The van der Waals surface area contributed by atoms with Crippen LogP contribution in [0.2, 0.25) is 0 Å². The van der Waals surface area contributed by atoms with Gasteiger partial charge in [-0.3, -0.25) is 4.90 Å². The average Bonchev–Trinajstić information content (AvgIpc) is 2.70. The van der Waals surface area contributed by atoms with Crippen molar-refractivity contribution in [1.82, 2.24) is 14.8 Å². The molecular weight excluding hydrogens is 200 g/mol. The van der Waals surface area contributed by atoms with Crippen molar-refractivity contribution in [1.29, 1.82) is 0 Å². The van der Waals surface area contributed by atoms with Gasteiger partial charge in [0.05, 0.1) is 0 Å². The van der Waals surface area contributed by atoms with Gasteiger partial charge in [-0.2, -0.15) is 0 Å². The Morgan fingerprint density at radius 2 is 2.06 bits per heavy atom. The minimum Gasteiger partial charge on any atom is -0.365 e. The Kier molecular flexibility index (Phi) is 3.98. The molecule has 0 atom stereocenters. The maximum atomic E-state index is 5.53. The predicted molar refractivity (Wildman–Crippen MR) is 66.3 cm³/mol. The molecule has 0 amide bonds. The largest absolute Gasteiger partial charge is 0.365 e. The van der Waals surface area contributed by atoms with E-state index in [-0.39, 0.29) is 0 Å². The molecule has 1 aromatic heterocycles. The summed E-state index contributed by atoms with van der Waals surface area (Å²) >= 11 is 0. The number of H-pyrrole nitrogens is 1. The molecule has 1 fully saturated rings. The van der Waals surface area contributed by atoms with Gasteiger partial charge in [-0.25, -0.2) is 0 Å². The second kappa shape index (κ2) is 5.48. The van der Waals surface area contributed by atoms with E-state index in [2.05, 4.69) is 34.1 Å². The van der Waals surface area contributed by atoms with Crippen molar-refractivity contribution in [2.45, 2.75) is 13.0 Å². The van der Waals surface area contributed by atoms with Crippen LogP contribution in [0, 0.1) is 0 Å². The zero-order valence-electron chi connectivity index (χ0n) is 10.1. The van der Waals surface area contributed by atoms with E-state index in [0.29, 0.717) is 6.54 Å². The highest BCUT2D eigenvalue weighted by Gasteiger charge is 2.14. The maximum Gasteiger partial charge on any atom is 0.0249 e. The first-order valence-electron chi connectivity index (χ1n) is 6.05. The Balaban J connectivity index is 1.83. The van der Waals surface area contributed by atoms with Gasteiger partial charge in [0.2, 0.25) is 0 Å². The highest BCUT2D eigenvalue weighted by Crippen LogP contribution is 2.09. The highest BCUT2D eigenvalue weighted by atomic mass is 15.2. The molecule has 1 aromatic rings. The minimum absolute atomic E-state index is 0.717. The van der Waals surface area contributed by atoms with E-state index in [1.807, 2.05) is 0 Å². The van der Waals surface area contributed by atoms with Crippen LogP contribution in [0.15, 0.2) is 12.3 Å². The lowest BCUT2D eigenvalue weighted by molar-refractivity contribution is 0.148. The number of aromatic nitrogens is 1. The SMILES string of the molecule is CN1CCN(Cc2c[nH]c(CCN)c2)CC1. The molecule has 4 heteroatoms. The molecule has 1 aliphatic rings. The Hall–Kier alpha value is -0.840. The minimum atomic E-state index is 0.717. The molecule has 0 aliphatic carbocycles. The Bertz CT molecular complexity index is 313. The van der Waals surface area contributed by atoms with E-state index in [1.54, 1.807) is 0 Å². The van der Waals surface area contributed by atoms with Crippen LogP contribution in [-0.2, 0) is 13.0 Å². The number of nitrogens with two attached hydrogens (primary N) is 1. The van der Waals surface area contributed by atoms with Gasteiger partial charge in [0.15, 0.2) is 0 Å². The Morgan fingerprint density at radius 1 is 1.31 bits per heavy atom. The van der Waals surface area contributed by atoms with Gasteiger partial charge in [0, 0.05) is 44.6 Å². The van der Waals surface area contributed by atoms with Crippen molar-refractivity contribution < 1.29 is 0 Å². The maximum absolute atomic E-state index is 5.53. The number of piperazine rings is 1. The molecule has 4 nitrogen and oxygen atoms in total. The van der Waals surface area contributed by atoms with E-state index in [0.717, 1.165) is 13.0 Å². The van der Waals surface area contributed by atoms with Crippen LogP contribution < -0.4 is 5.73 Å². The van der Waals surface area contributed by atoms with E-state index in [4.69, 9.17) is 5.73 Å². The molecular formula is C12H22N4. The third kappa shape index (κ3) is 3.07. The summed E-state index contributed by atoms with van der Waals surface area (Å²) in [4.78, 5) is 8.18. The first-order chi connectivity index (χ1) is 7.78. The van der Waals surface area contributed by atoms with Crippen LogP contribution in [0.1, 0.15) is 11.3 Å². The normalized spacial score (nSPS) is 19.1. The van der Waals surface area contributed by atoms with Crippen LogP contribution in [0.4, 0.5) is 0 Å². The molecule has 2 rings (SSSR count). The summed E-state index contributed by atoms with van der Waals surface area (Å²) in [7, 11) is 2.19. The lowest BCUT2D eigenvalue weighted by atomic mass is 10.2. The van der Waals surface area contributed by atoms with Gasteiger partial charge in [0.1, 0.15) is 0 Å². The summed E-state index contributed by atoms with van der Waals surface area (Å²) in [6, 6.07) is 2.24. The monoisotopic (exact) mass is 222 g/mol. The number of rotatable bonds is 4. The van der Waals surface area contributed by atoms with E-state index in [9.17, 15) is 0 Å². The molecule has 0 saturated carbocycles. The van der Waals surface area contributed by atoms with Crippen molar-refractivity contribution in [3.8, 4) is 0 Å². The Labute approximate surface area is 97.4 Å². The van der Waals surface area contributed by atoms with Gasteiger partial charge >= 0.3 is 0 Å². The second-order valence-corrected chi connectivity index (χ2v) is 4.65. The van der Waals surface area contributed by atoms with Crippen LogP contribution in [0.25, 0.3) is 0 Å². The van der Waals surface area contributed by atoms with Gasteiger partial charge in [-0.1, -0.05) is 0 Å². The number of nitrogens with one attached hydrogen (secondary N) is 1. The van der Waals surface area contributed by atoms with E-state index < -0.39 is 0 Å². The zero-order chi connectivity index (χ0) is 11.4. The molecule has 2 heterocycles. The first-order valence-corrected chi connectivity index (χ1v) is 6.05. The predicted octanol–water partition coefficient (Wildman–Crippen LogP) is 0.263. The molecule has 3 N–H and O–H groups in total. The summed E-state index contributed by atoms with van der Waals surface area (Å²) < 4.78 is 0. The fraction of sp³-hybridized carbons (Fsp3) is 0.667. The van der Waals surface area contributed by atoms with E-state index >= 15 is 0 Å². The lowest BCUT2D eigenvalue weighted by Gasteiger charge is -2.32. The Morgan fingerprint density at radius 3 is 2.75 bits per heavy atom. The number of likely N-dealkylation sites (N-methyl/N-ethyl adjacent to an activating group) is 1. The smallest absolute Gasteiger partial charge is 0.0249 e. The molecule has 0 unspecified atom stereocenters. The number of hydrogen-bond donors (Lipinski definition) is 2. The molecule has 1 aliphatic heterocycles. The van der Waals surface area contributed by atoms with Gasteiger partial charge in [-0.05, 0) is 31.6 Å². The highest BCUT2D eigenvalue weighted by molar-refractivity contribution is 5.17. The van der Waals surface area contributed by atoms with Crippen molar-refractivity contribution in [3.63, 3.8) is 0 Å². The van der Waals surface area contributed by atoms with Gasteiger partial charge in [0.25, 0.3) is 0 Å². The second-order valence-electron chi connectivity index (χ2n) is 4.65. The van der Waals surface area contributed by atoms with Crippen LogP contribution in [-0.4, -0.2) is 54.6 Å². The van der Waals surface area contributed by atoms with Crippen LogP contribution in [0.3, 0.4) is 0 Å². The van der Waals surface area contributed by atoms with Crippen molar-refractivity contribution in [2.24, 2.45) is 5.73 Å². The first kappa shape index (κ1) is 11.6. The third-order valence-electron chi connectivity index (χ3n) is 3.22. The molecule has 0 spiro atoms. The van der Waals surface area contributed by atoms with Crippen molar-refractivity contribution >= 4 is 0 Å². The summed E-state index contributed by atoms with van der Waals surface area (Å²) in [6.45, 7) is 6.49. The number of nitrogens with zero attached hydrogens (tertiary/aromatic N) is 2. The van der Waals surface area contributed by atoms with Crippen LogP contribution in [0.5, 0.6) is 0 Å². The molecule has 90 valence electrons. The van der Waals surface area contributed by atoms with Crippen molar-refractivity contribution in [3.05, 3.63) is 23.5 Å². The number of hydrogen-bond acceptors (Lipinski definition) is 3. The summed E-state index contributed by atoms with van der Waals surface area (Å²) in [5.74, 6) is 0. The number of aromatic amines is 1. The summed E-state index contributed by atoms with van der Waals surface area (Å²) in [6.07, 6.45) is 3.06. The molecule has 1 saturated heterocycles. The molecule has 0 radical (unpaired) electrons. The topological polar surface area (TPSA) is 48.3 Å². The molecule has 0 aromatic carbocycles. The van der Waals surface area contributed by atoms with Gasteiger partial charge < -0.3 is 15.6 Å². The van der Waals surface area contributed by atoms with Crippen LogP contribution >= 0.6 is 0 Å². The fourth-order valence-corrected chi connectivity index (χ4v) is 2.15. The fourth-order valence-electron chi connectivity index (χ4n) is 2.15. The van der Waals surface area contributed by atoms with Crippen molar-refractivity contribution in [2.75, 3.05) is 39.8 Å². The zero-order valence-corrected chi connectivity index (χ0v) is 10.1. The summed E-state index contributed by atoms with van der Waals surface area (Å²) in [5, 5.41) is 0. The molecule has 16 heavy (non-hydrogen) atoms. The average molecular weight is 222 g/mol. The lowest BCUT2D eigenvalue weighted by Crippen LogP contribution is -2.43. The van der Waals surface area contributed by atoms with E-state index in [1.165, 1.54) is 37.4 Å². The molecule has 0 bridgehead atoms. The quantitative estimate of drug-likeness (QED) is 0.768. The third-order valence-corrected chi connectivity index (χ3v) is 3.22. The standard InChI is InChI=1S/C12H22N4/c1-15-4-6-16(7-5-15)10-11-8-12(2-3-13)14-9-11/h8-9,14H,2-7,10,13H2,1H3. The summed E-state index contributed by atoms with van der Waals surface area (Å²) in [5.41, 5.74) is 8.17. The van der Waals surface area contributed by atoms with Gasteiger partial charge in [-0.15, -0.1) is 0 Å².